The molecule has 3 heterocycles. The lowest BCUT2D eigenvalue weighted by atomic mass is 10.2. The van der Waals surface area contributed by atoms with Crippen LogP contribution < -0.4 is 10.5 Å². The van der Waals surface area contributed by atoms with Gasteiger partial charge in [-0.3, -0.25) is 9.36 Å². The molecule has 0 saturated carbocycles. The number of fused-ring (bicyclic) bond motifs is 1. The lowest BCUT2D eigenvalue weighted by Crippen LogP contribution is -2.46. The number of piperazine rings is 1. The number of rotatable bonds is 4. The molecule has 2 aromatic carbocycles. The van der Waals surface area contributed by atoms with Gasteiger partial charge in [0.2, 0.25) is 0 Å². The van der Waals surface area contributed by atoms with Crippen LogP contribution in [-0.4, -0.2) is 57.0 Å². The highest BCUT2D eigenvalue weighted by atomic mass is 35.5. The summed E-state index contributed by atoms with van der Waals surface area (Å²) >= 11 is 6.00. The Morgan fingerprint density at radius 1 is 0.906 bits per heavy atom. The van der Waals surface area contributed by atoms with Crippen LogP contribution in [-0.2, 0) is 0 Å². The molecule has 0 spiro atoms. The fourth-order valence-corrected chi connectivity index (χ4v) is 4.41. The van der Waals surface area contributed by atoms with Gasteiger partial charge in [0.1, 0.15) is 11.2 Å². The molecule has 0 atom stereocenters. The van der Waals surface area contributed by atoms with Crippen LogP contribution in [0, 0.1) is 6.92 Å². The predicted molar refractivity (Wildman–Crippen MR) is 129 cm³/mol. The van der Waals surface area contributed by atoms with Gasteiger partial charge >= 0.3 is 0 Å². The molecule has 0 aliphatic carbocycles. The summed E-state index contributed by atoms with van der Waals surface area (Å²) in [6, 6.07) is 15.5. The van der Waals surface area contributed by atoms with Gasteiger partial charge < -0.3 is 9.80 Å². The fraction of sp³-hybridized carbons (Fsp3) is 0.292. The second-order valence-corrected chi connectivity index (χ2v) is 8.44. The quantitative estimate of drug-likeness (QED) is 0.476. The highest BCUT2D eigenvalue weighted by molar-refractivity contribution is 6.30. The molecule has 0 N–H and O–H groups in total. The maximum Gasteiger partial charge on any atom is 0.269 e. The molecule has 1 fully saturated rings. The second-order valence-electron chi connectivity index (χ2n) is 8.01. The van der Waals surface area contributed by atoms with Crippen molar-refractivity contribution >= 4 is 28.3 Å². The van der Waals surface area contributed by atoms with Gasteiger partial charge in [-0.15, -0.1) is 0 Å². The van der Waals surface area contributed by atoms with Crippen LogP contribution in [0.15, 0.2) is 59.5 Å². The van der Waals surface area contributed by atoms with E-state index in [2.05, 4.69) is 34.0 Å². The van der Waals surface area contributed by atoms with Crippen LogP contribution in [0.1, 0.15) is 12.7 Å². The van der Waals surface area contributed by atoms with Gasteiger partial charge in [0.05, 0.1) is 17.6 Å². The number of hydrogen-bond donors (Lipinski definition) is 0. The first-order valence-electron chi connectivity index (χ1n) is 10.9. The monoisotopic (exact) mass is 448 g/mol. The molecule has 32 heavy (non-hydrogen) atoms. The van der Waals surface area contributed by atoms with Crippen molar-refractivity contribution in [2.75, 3.05) is 37.6 Å². The van der Waals surface area contributed by atoms with E-state index in [1.54, 1.807) is 27.6 Å². The third-order valence-corrected chi connectivity index (χ3v) is 6.38. The lowest BCUT2D eigenvalue weighted by Gasteiger charge is -2.35. The number of aromatic nitrogens is 4. The Morgan fingerprint density at radius 3 is 2.19 bits per heavy atom. The van der Waals surface area contributed by atoms with Crippen molar-refractivity contribution in [2.24, 2.45) is 0 Å². The Hall–Kier alpha value is -3.16. The van der Waals surface area contributed by atoms with Crippen LogP contribution in [0.4, 0.5) is 5.69 Å². The summed E-state index contributed by atoms with van der Waals surface area (Å²) in [5, 5.41) is 5.53. The molecule has 4 aromatic rings. The van der Waals surface area contributed by atoms with Crippen LogP contribution in [0.2, 0.25) is 5.02 Å². The lowest BCUT2D eigenvalue weighted by molar-refractivity contribution is 0.271. The number of anilines is 1. The summed E-state index contributed by atoms with van der Waals surface area (Å²) < 4.78 is 3.32. The van der Waals surface area contributed by atoms with Crippen LogP contribution in [0.5, 0.6) is 0 Å². The van der Waals surface area contributed by atoms with Gasteiger partial charge in [0.25, 0.3) is 5.56 Å². The van der Waals surface area contributed by atoms with Crippen molar-refractivity contribution < 1.29 is 0 Å². The van der Waals surface area contributed by atoms with Crippen LogP contribution in [0.3, 0.4) is 0 Å². The topological polar surface area (TPSA) is 59.2 Å². The highest BCUT2D eigenvalue weighted by Gasteiger charge is 2.18. The maximum absolute atomic E-state index is 13.3. The molecular formula is C24H25ClN6O. The molecule has 0 unspecified atom stereocenters. The maximum atomic E-state index is 13.3. The minimum Gasteiger partial charge on any atom is -0.369 e. The van der Waals surface area contributed by atoms with E-state index in [0.717, 1.165) is 44.1 Å². The molecule has 1 aliphatic rings. The Labute approximate surface area is 191 Å². The molecule has 1 saturated heterocycles. The van der Waals surface area contributed by atoms with Crippen molar-refractivity contribution in [2.45, 2.75) is 13.8 Å². The van der Waals surface area contributed by atoms with Gasteiger partial charge in [-0.25, -0.2) is 9.67 Å². The van der Waals surface area contributed by atoms with E-state index >= 15 is 0 Å². The Balaban J connectivity index is 1.48. The number of halogens is 1. The standard InChI is InChI=1S/C24H25ClN6O/c1-3-28-12-14-29(15-13-28)19-8-10-20(11-9-19)30-17(2)27-23-22(24(30)32)16-26-31(23)21-6-4-18(25)5-7-21/h4-11,16H,3,12-15H2,1-2H3. The Bertz CT molecular complexity index is 1300. The molecular weight excluding hydrogens is 424 g/mol. The third kappa shape index (κ3) is 3.67. The largest absolute Gasteiger partial charge is 0.369 e. The summed E-state index contributed by atoms with van der Waals surface area (Å²) in [7, 11) is 0. The number of aryl methyl sites for hydroxylation is 1. The minimum atomic E-state index is -0.128. The zero-order valence-electron chi connectivity index (χ0n) is 18.2. The molecule has 0 bridgehead atoms. The first-order chi connectivity index (χ1) is 15.5. The van der Waals surface area contributed by atoms with Crippen LogP contribution in [0.25, 0.3) is 22.4 Å². The van der Waals surface area contributed by atoms with E-state index in [-0.39, 0.29) is 5.56 Å². The van der Waals surface area contributed by atoms with E-state index in [9.17, 15) is 4.79 Å². The van der Waals surface area contributed by atoms with Crippen molar-refractivity contribution in [1.82, 2.24) is 24.2 Å². The molecule has 1 aliphatic heterocycles. The molecule has 0 radical (unpaired) electrons. The number of benzene rings is 2. The van der Waals surface area contributed by atoms with Gasteiger partial charge in [0, 0.05) is 36.9 Å². The first kappa shape index (κ1) is 20.7. The second kappa shape index (κ2) is 8.41. The normalized spacial score (nSPS) is 14.9. The average Bonchev–Trinajstić information content (AvgIpc) is 3.24. The smallest absolute Gasteiger partial charge is 0.269 e. The molecule has 8 heteroatoms. The molecule has 5 rings (SSSR count). The van der Waals surface area contributed by atoms with Gasteiger partial charge in [0.15, 0.2) is 5.65 Å². The Morgan fingerprint density at radius 2 is 1.53 bits per heavy atom. The summed E-state index contributed by atoms with van der Waals surface area (Å²) in [6.45, 7) is 9.34. The molecule has 0 amide bonds. The van der Waals surface area contributed by atoms with E-state index < -0.39 is 0 Å². The van der Waals surface area contributed by atoms with E-state index in [0.29, 0.717) is 21.9 Å². The van der Waals surface area contributed by atoms with E-state index in [1.165, 1.54) is 5.69 Å². The summed E-state index contributed by atoms with van der Waals surface area (Å²) in [6.07, 6.45) is 1.58. The fourth-order valence-electron chi connectivity index (χ4n) is 4.28. The number of likely N-dealkylation sites (N-methyl/N-ethyl adjacent to an activating group) is 1. The van der Waals surface area contributed by atoms with Gasteiger partial charge in [-0.1, -0.05) is 18.5 Å². The zero-order chi connectivity index (χ0) is 22.2. The first-order valence-corrected chi connectivity index (χ1v) is 11.2. The van der Waals surface area contributed by atoms with Crippen LogP contribution >= 0.6 is 11.6 Å². The zero-order valence-corrected chi connectivity index (χ0v) is 19.0. The van der Waals surface area contributed by atoms with Crippen molar-refractivity contribution in [3.8, 4) is 11.4 Å². The molecule has 2 aromatic heterocycles. The average molecular weight is 449 g/mol. The SMILES string of the molecule is CCN1CCN(c2ccc(-n3c(C)nc4c(cnn4-c4ccc(Cl)cc4)c3=O)cc2)CC1. The summed E-state index contributed by atoms with van der Waals surface area (Å²) in [5.74, 6) is 0.613. The third-order valence-electron chi connectivity index (χ3n) is 6.13. The van der Waals surface area contributed by atoms with E-state index in [1.807, 2.05) is 31.2 Å². The number of hydrogen-bond acceptors (Lipinski definition) is 5. The van der Waals surface area contributed by atoms with Gasteiger partial charge in [-0.2, -0.15) is 5.10 Å². The summed E-state index contributed by atoms with van der Waals surface area (Å²) in [5.41, 5.74) is 3.20. The van der Waals surface area contributed by atoms with Crippen molar-refractivity contribution in [3.63, 3.8) is 0 Å². The highest BCUT2D eigenvalue weighted by Crippen LogP contribution is 2.21. The molecule has 164 valence electrons. The van der Waals surface area contributed by atoms with Crippen molar-refractivity contribution in [1.29, 1.82) is 0 Å². The van der Waals surface area contributed by atoms with E-state index in [4.69, 9.17) is 16.6 Å². The molecule has 7 nitrogen and oxygen atoms in total. The minimum absolute atomic E-state index is 0.128. The predicted octanol–water partition coefficient (Wildman–Crippen LogP) is 3.68. The summed E-state index contributed by atoms with van der Waals surface area (Å²) in [4.78, 5) is 22.9. The van der Waals surface area contributed by atoms with Gasteiger partial charge in [-0.05, 0) is 62.0 Å². The number of nitrogens with zero attached hydrogens (tertiary/aromatic N) is 6. The Kier molecular flexibility index (Phi) is 5.45. The van der Waals surface area contributed by atoms with Crippen molar-refractivity contribution in [3.05, 3.63) is 75.9 Å².